The second-order valence-electron chi connectivity index (χ2n) is 6.25. The van der Waals surface area contributed by atoms with Gasteiger partial charge in [-0.2, -0.15) is 0 Å². The molecule has 1 saturated carbocycles. The van der Waals surface area contributed by atoms with E-state index in [0.29, 0.717) is 23.3 Å². The summed E-state index contributed by atoms with van der Waals surface area (Å²) in [5, 5.41) is 10.9. The molecule has 0 radical (unpaired) electrons. The number of carbonyl (C=O) groups excluding carboxylic acids is 1. The third-order valence-corrected chi connectivity index (χ3v) is 4.61. The van der Waals surface area contributed by atoms with Crippen LogP contribution in [0.15, 0.2) is 22.6 Å². The smallest absolute Gasteiger partial charge is 0.224 e. The van der Waals surface area contributed by atoms with E-state index in [-0.39, 0.29) is 23.4 Å². The van der Waals surface area contributed by atoms with Gasteiger partial charge in [-0.25, -0.2) is 4.39 Å². The normalized spacial score (nSPS) is 20.3. The Morgan fingerprint density at radius 1 is 1.42 bits per heavy atom. The third-order valence-electron chi connectivity index (χ3n) is 4.32. The number of rotatable bonds is 5. The number of hydrogen-bond acceptors (Lipinski definition) is 4. The average Bonchev–Trinajstić information content (AvgIpc) is 3.13. The number of carbonyl (C=O) groups is 1. The largest absolute Gasteiger partial charge is 0.426 e. The number of halogens is 2. The van der Waals surface area contributed by atoms with Crippen LogP contribution in [0.5, 0.6) is 0 Å². The van der Waals surface area contributed by atoms with Crippen LogP contribution in [0.1, 0.15) is 36.6 Å². The lowest BCUT2D eigenvalue weighted by atomic mass is 10.0. The zero-order valence-corrected chi connectivity index (χ0v) is 14.1. The molecule has 2 atom stereocenters. The molecule has 1 amide bonds. The first-order valence-electron chi connectivity index (χ1n) is 8.02. The molecule has 0 unspecified atom stereocenters. The molecule has 0 aliphatic heterocycles. The minimum absolute atomic E-state index is 0.00356. The van der Waals surface area contributed by atoms with Gasteiger partial charge in [0.25, 0.3) is 0 Å². The number of amides is 1. The van der Waals surface area contributed by atoms with Gasteiger partial charge in [-0.1, -0.05) is 23.7 Å². The Hall–Kier alpha value is -1.95. The molecule has 1 aromatic carbocycles. The van der Waals surface area contributed by atoms with E-state index in [9.17, 15) is 9.18 Å². The SMILES string of the molecule is Cc1nnc(C[C@@H]2CC[C@H](NC(=O)Cc3cccc(Cl)c3F)C2)o1. The fraction of sp³-hybridized carbons (Fsp3) is 0.471. The fourth-order valence-electron chi connectivity index (χ4n) is 3.20. The molecule has 24 heavy (non-hydrogen) atoms. The molecule has 1 aliphatic carbocycles. The van der Waals surface area contributed by atoms with Gasteiger partial charge in [0, 0.05) is 19.4 Å². The Bertz CT molecular complexity index is 734. The van der Waals surface area contributed by atoms with Gasteiger partial charge in [0.05, 0.1) is 11.4 Å². The minimum atomic E-state index is -0.523. The molecular formula is C17H19ClFN3O2. The second-order valence-corrected chi connectivity index (χ2v) is 6.66. The van der Waals surface area contributed by atoms with Crippen molar-refractivity contribution < 1.29 is 13.6 Å². The predicted molar refractivity (Wildman–Crippen MR) is 87.1 cm³/mol. The highest BCUT2D eigenvalue weighted by atomic mass is 35.5. The minimum Gasteiger partial charge on any atom is -0.426 e. The Morgan fingerprint density at radius 2 is 2.25 bits per heavy atom. The lowest BCUT2D eigenvalue weighted by molar-refractivity contribution is -0.121. The van der Waals surface area contributed by atoms with Crippen LogP contribution >= 0.6 is 11.6 Å². The summed E-state index contributed by atoms with van der Waals surface area (Å²) in [5.41, 5.74) is 0.316. The molecule has 2 aromatic rings. The van der Waals surface area contributed by atoms with Gasteiger partial charge in [-0.3, -0.25) is 4.79 Å². The van der Waals surface area contributed by atoms with E-state index in [1.165, 1.54) is 6.07 Å². The van der Waals surface area contributed by atoms with Crippen LogP contribution in [-0.4, -0.2) is 22.1 Å². The summed E-state index contributed by atoms with van der Waals surface area (Å²) < 4.78 is 19.2. The molecular weight excluding hydrogens is 333 g/mol. The fourth-order valence-corrected chi connectivity index (χ4v) is 3.39. The lowest BCUT2D eigenvalue weighted by Crippen LogP contribution is -2.34. The summed E-state index contributed by atoms with van der Waals surface area (Å²) in [7, 11) is 0. The van der Waals surface area contributed by atoms with Crippen molar-refractivity contribution in [3.63, 3.8) is 0 Å². The molecule has 1 heterocycles. The van der Waals surface area contributed by atoms with E-state index in [1.807, 2.05) is 0 Å². The van der Waals surface area contributed by atoms with Crippen molar-refractivity contribution in [1.82, 2.24) is 15.5 Å². The van der Waals surface area contributed by atoms with E-state index in [0.717, 1.165) is 25.7 Å². The highest BCUT2D eigenvalue weighted by molar-refractivity contribution is 6.30. The van der Waals surface area contributed by atoms with Crippen molar-refractivity contribution in [2.75, 3.05) is 0 Å². The topological polar surface area (TPSA) is 68.0 Å². The van der Waals surface area contributed by atoms with Crippen LogP contribution in [0, 0.1) is 18.7 Å². The van der Waals surface area contributed by atoms with E-state index in [2.05, 4.69) is 15.5 Å². The summed E-state index contributed by atoms with van der Waals surface area (Å²) in [5.74, 6) is 0.917. The number of nitrogens with zero attached hydrogens (tertiary/aromatic N) is 2. The molecule has 1 aliphatic rings. The van der Waals surface area contributed by atoms with E-state index < -0.39 is 5.82 Å². The Balaban J connectivity index is 1.50. The predicted octanol–water partition coefficient (Wildman–Crippen LogP) is 3.24. The van der Waals surface area contributed by atoms with E-state index >= 15 is 0 Å². The van der Waals surface area contributed by atoms with Gasteiger partial charge in [0.2, 0.25) is 17.7 Å². The highest BCUT2D eigenvalue weighted by Crippen LogP contribution is 2.28. The third kappa shape index (κ3) is 4.12. The summed E-state index contributed by atoms with van der Waals surface area (Å²) in [6.07, 6.45) is 3.50. The molecule has 128 valence electrons. The number of hydrogen-bond donors (Lipinski definition) is 1. The van der Waals surface area contributed by atoms with Crippen molar-refractivity contribution in [3.05, 3.63) is 46.4 Å². The summed E-state index contributed by atoms with van der Waals surface area (Å²) in [6, 6.07) is 4.80. The van der Waals surface area contributed by atoms with Crippen molar-refractivity contribution in [2.45, 2.75) is 45.1 Å². The van der Waals surface area contributed by atoms with Crippen molar-refractivity contribution in [2.24, 2.45) is 5.92 Å². The molecule has 5 nitrogen and oxygen atoms in total. The number of aryl methyl sites for hydroxylation is 1. The zero-order valence-electron chi connectivity index (χ0n) is 13.4. The van der Waals surface area contributed by atoms with Crippen molar-refractivity contribution >= 4 is 17.5 Å². The van der Waals surface area contributed by atoms with Gasteiger partial charge < -0.3 is 9.73 Å². The molecule has 1 N–H and O–H groups in total. The highest BCUT2D eigenvalue weighted by Gasteiger charge is 2.27. The van der Waals surface area contributed by atoms with Crippen LogP contribution in [-0.2, 0) is 17.6 Å². The second kappa shape index (κ2) is 7.30. The molecule has 0 bridgehead atoms. The van der Waals surface area contributed by atoms with Gasteiger partial charge in [0.1, 0.15) is 5.82 Å². The first-order valence-corrected chi connectivity index (χ1v) is 8.40. The zero-order chi connectivity index (χ0) is 17.1. The number of nitrogens with one attached hydrogen (secondary N) is 1. The average molecular weight is 352 g/mol. The monoisotopic (exact) mass is 351 g/mol. The maximum absolute atomic E-state index is 13.8. The Kier molecular flexibility index (Phi) is 5.14. The van der Waals surface area contributed by atoms with Crippen LogP contribution in [0.3, 0.4) is 0 Å². The van der Waals surface area contributed by atoms with Crippen LogP contribution in [0.2, 0.25) is 5.02 Å². The summed E-state index contributed by atoms with van der Waals surface area (Å²) in [4.78, 5) is 12.1. The van der Waals surface area contributed by atoms with Crippen LogP contribution < -0.4 is 5.32 Å². The van der Waals surface area contributed by atoms with Crippen LogP contribution in [0.4, 0.5) is 4.39 Å². The Labute approximate surface area is 144 Å². The molecule has 0 spiro atoms. The van der Waals surface area contributed by atoms with E-state index in [1.54, 1.807) is 19.1 Å². The summed E-state index contributed by atoms with van der Waals surface area (Å²) >= 11 is 5.74. The van der Waals surface area contributed by atoms with Gasteiger partial charge in [0.15, 0.2) is 0 Å². The van der Waals surface area contributed by atoms with Crippen LogP contribution in [0.25, 0.3) is 0 Å². The molecule has 3 rings (SSSR count). The lowest BCUT2D eigenvalue weighted by Gasteiger charge is -2.13. The number of benzene rings is 1. The molecule has 0 saturated heterocycles. The van der Waals surface area contributed by atoms with Gasteiger partial charge >= 0.3 is 0 Å². The molecule has 1 aromatic heterocycles. The van der Waals surface area contributed by atoms with Crippen molar-refractivity contribution in [3.8, 4) is 0 Å². The quantitative estimate of drug-likeness (QED) is 0.897. The standard InChI is InChI=1S/C17H19ClFN3O2/c1-10-21-22-16(24-10)8-11-5-6-13(7-11)20-15(23)9-12-3-2-4-14(18)17(12)19/h2-4,11,13H,5-9H2,1H3,(H,20,23)/t11-,13+/m1/s1. The van der Waals surface area contributed by atoms with Gasteiger partial charge in [-0.05, 0) is 36.8 Å². The maximum atomic E-state index is 13.8. The number of aromatic nitrogens is 2. The molecule has 1 fully saturated rings. The first kappa shape index (κ1) is 16.9. The Morgan fingerprint density at radius 3 is 3.00 bits per heavy atom. The summed E-state index contributed by atoms with van der Waals surface area (Å²) in [6.45, 7) is 1.77. The molecule has 7 heteroatoms. The first-order chi connectivity index (χ1) is 11.5. The van der Waals surface area contributed by atoms with Gasteiger partial charge in [-0.15, -0.1) is 10.2 Å². The van der Waals surface area contributed by atoms with Crippen molar-refractivity contribution in [1.29, 1.82) is 0 Å². The maximum Gasteiger partial charge on any atom is 0.224 e. The van der Waals surface area contributed by atoms with E-state index in [4.69, 9.17) is 16.0 Å².